The topological polar surface area (TPSA) is 20.3 Å². The molecule has 146 valence electrons. The number of hydrogen-bond acceptors (Lipinski definition) is 1. The van der Waals surface area contributed by atoms with Crippen molar-refractivity contribution in [1.82, 2.24) is 4.90 Å². The van der Waals surface area contributed by atoms with Crippen LogP contribution in [0.15, 0.2) is 82.6 Å². The lowest BCUT2D eigenvalue weighted by Crippen LogP contribution is -2.32. The zero-order valence-corrected chi connectivity index (χ0v) is 18.8. The average molecular weight is 390 g/mol. The van der Waals surface area contributed by atoms with Crippen LogP contribution in [0.25, 0.3) is 5.57 Å². The molecule has 0 fully saturated rings. The zero-order chi connectivity index (χ0) is 20.3. The van der Waals surface area contributed by atoms with Crippen LogP contribution in [-0.2, 0) is 4.79 Å². The van der Waals surface area contributed by atoms with E-state index < -0.39 is 8.07 Å². The van der Waals surface area contributed by atoms with Crippen LogP contribution in [0, 0.1) is 0 Å². The number of benzene rings is 1. The second-order valence-corrected chi connectivity index (χ2v) is 13.5. The quantitative estimate of drug-likeness (QED) is 0.571. The number of nitrogens with zero attached hydrogens (tertiary/aromatic N) is 1. The van der Waals surface area contributed by atoms with Crippen LogP contribution in [0.2, 0.25) is 19.6 Å². The third kappa shape index (κ3) is 4.20. The van der Waals surface area contributed by atoms with Crippen molar-refractivity contribution >= 4 is 19.6 Å². The third-order valence-corrected chi connectivity index (χ3v) is 7.51. The van der Waals surface area contributed by atoms with Crippen molar-refractivity contribution in [2.45, 2.75) is 39.9 Å². The van der Waals surface area contributed by atoms with Gasteiger partial charge in [-0.2, -0.15) is 0 Å². The number of fused-ring (bicyclic) bond motifs is 2. The summed E-state index contributed by atoms with van der Waals surface area (Å²) in [5.41, 5.74) is 5.40. The number of amides is 1. The first-order valence-corrected chi connectivity index (χ1v) is 13.7. The molecule has 3 rings (SSSR count). The Labute approximate surface area is 170 Å². The van der Waals surface area contributed by atoms with Crippen molar-refractivity contribution in [2.24, 2.45) is 0 Å². The smallest absolute Gasteiger partial charge is 0.254 e. The van der Waals surface area contributed by atoms with Gasteiger partial charge in [-0.05, 0) is 42.6 Å². The molecule has 1 aromatic rings. The van der Waals surface area contributed by atoms with Crippen molar-refractivity contribution in [3.63, 3.8) is 0 Å². The maximum absolute atomic E-state index is 13.6. The average Bonchev–Trinajstić information content (AvgIpc) is 3.00. The highest BCUT2D eigenvalue weighted by atomic mass is 28.3. The molecule has 2 aliphatic carbocycles. The van der Waals surface area contributed by atoms with E-state index in [-0.39, 0.29) is 5.91 Å². The monoisotopic (exact) mass is 389 g/mol. The van der Waals surface area contributed by atoms with Gasteiger partial charge >= 0.3 is 0 Å². The van der Waals surface area contributed by atoms with Crippen molar-refractivity contribution in [2.75, 3.05) is 13.1 Å². The lowest BCUT2D eigenvalue weighted by Gasteiger charge is -2.24. The summed E-state index contributed by atoms with van der Waals surface area (Å²) >= 11 is 0. The molecule has 0 saturated carbocycles. The number of likely N-dealkylation sites (N-methyl/N-ethyl adjacent to an activating group) is 1. The van der Waals surface area contributed by atoms with Gasteiger partial charge in [-0.25, -0.2) is 0 Å². The molecule has 0 unspecified atom stereocenters. The first-order valence-electron chi connectivity index (χ1n) is 10.2. The number of carbonyl (C=O) groups is 1. The molecule has 0 radical (unpaired) electrons. The highest BCUT2D eigenvalue weighted by Crippen LogP contribution is 2.36. The van der Waals surface area contributed by atoms with Gasteiger partial charge in [-0.15, -0.1) is 0 Å². The van der Waals surface area contributed by atoms with Gasteiger partial charge in [-0.3, -0.25) is 4.79 Å². The summed E-state index contributed by atoms with van der Waals surface area (Å²) in [6.45, 7) is 12.6. The van der Waals surface area contributed by atoms with Gasteiger partial charge < -0.3 is 4.90 Å². The van der Waals surface area contributed by atoms with E-state index in [2.05, 4.69) is 76.0 Å². The third-order valence-electron chi connectivity index (χ3n) is 5.47. The Hall–Kier alpha value is -2.39. The Morgan fingerprint density at radius 2 is 1.68 bits per heavy atom. The van der Waals surface area contributed by atoms with E-state index in [1.54, 1.807) is 0 Å². The van der Waals surface area contributed by atoms with Crippen LogP contribution < -0.4 is 0 Å². The molecule has 2 nitrogen and oxygen atoms in total. The van der Waals surface area contributed by atoms with Crippen LogP contribution in [-0.4, -0.2) is 32.0 Å². The highest BCUT2D eigenvalue weighted by molar-refractivity contribution is 6.83. The molecule has 0 aromatic heterocycles. The molecule has 1 aromatic carbocycles. The molecule has 0 N–H and O–H groups in total. The van der Waals surface area contributed by atoms with Gasteiger partial charge in [0, 0.05) is 13.1 Å². The summed E-state index contributed by atoms with van der Waals surface area (Å²) in [5.74, 6) is 0.137. The van der Waals surface area contributed by atoms with E-state index >= 15 is 0 Å². The van der Waals surface area contributed by atoms with Gasteiger partial charge in [0.2, 0.25) is 0 Å². The number of allylic oxidation sites excluding steroid dienone is 8. The fourth-order valence-electron chi connectivity index (χ4n) is 3.73. The number of carbonyl (C=O) groups excluding carboxylic acids is 1. The predicted octanol–water partition coefficient (Wildman–Crippen LogP) is 5.94. The van der Waals surface area contributed by atoms with E-state index in [0.29, 0.717) is 0 Å². The van der Waals surface area contributed by atoms with Crippen LogP contribution in [0.5, 0.6) is 0 Å². The molecule has 0 heterocycles. The first kappa shape index (κ1) is 20.3. The summed E-state index contributed by atoms with van der Waals surface area (Å²) in [4.78, 5) is 15.6. The minimum Gasteiger partial charge on any atom is -0.339 e. The van der Waals surface area contributed by atoms with Crippen molar-refractivity contribution in [3.8, 4) is 0 Å². The second-order valence-electron chi connectivity index (χ2n) is 8.43. The van der Waals surface area contributed by atoms with E-state index in [9.17, 15) is 4.79 Å². The van der Waals surface area contributed by atoms with E-state index in [1.807, 2.05) is 23.1 Å². The fraction of sp³-hybridized carbons (Fsp3) is 0.320. The van der Waals surface area contributed by atoms with Crippen molar-refractivity contribution < 1.29 is 4.79 Å². The lowest BCUT2D eigenvalue weighted by atomic mass is 9.91. The Balaban J connectivity index is 2.27. The highest BCUT2D eigenvalue weighted by Gasteiger charge is 2.27. The largest absolute Gasteiger partial charge is 0.339 e. The summed E-state index contributed by atoms with van der Waals surface area (Å²) in [5, 5.41) is 1.39. The Morgan fingerprint density at radius 3 is 2.29 bits per heavy atom. The Kier molecular flexibility index (Phi) is 6.04. The number of rotatable bonds is 5. The maximum Gasteiger partial charge on any atom is 0.254 e. The Bertz CT molecular complexity index is 904. The van der Waals surface area contributed by atoms with Gasteiger partial charge in [-0.1, -0.05) is 85.5 Å². The van der Waals surface area contributed by atoms with Crippen molar-refractivity contribution in [1.29, 1.82) is 0 Å². The van der Waals surface area contributed by atoms with E-state index in [0.717, 1.165) is 41.8 Å². The van der Waals surface area contributed by atoms with E-state index in [4.69, 9.17) is 0 Å². The molecular formula is C25H31NOSi. The molecule has 3 heteroatoms. The zero-order valence-electron chi connectivity index (χ0n) is 17.8. The summed E-state index contributed by atoms with van der Waals surface area (Å²) in [6.07, 6.45) is 11.9. The fourth-order valence-corrected chi connectivity index (χ4v) is 4.92. The first-order chi connectivity index (χ1) is 13.3. The Morgan fingerprint density at radius 1 is 1.00 bits per heavy atom. The molecule has 2 aliphatic rings. The molecule has 0 saturated heterocycles. The standard InChI is InChI=1S/C25H31NOSi/c1-6-26(7-2)25(27)24-21-17-19(13-15-22(18-21)28(3,4)5)14-16-23(24)20-11-9-8-10-12-20/h8-16,18H,6-7,17H2,1-5H3. The minimum absolute atomic E-state index is 0.137. The number of hydrogen-bond donors (Lipinski definition) is 0. The second kappa shape index (κ2) is 8.32. The SMILES string of the molecule is CCN(CC)C(=O)C1=C2C=C([Si](C)(C)C)C=CC(=CC=C1c1ccccc1)C2. The molecule has 0 spiro atoms. The summed E-state index contributed by atoms with van der Waals surface area (Å²) in [6, 6.07) is 10.3. The van der Waals surface area contributed by atoms with Gasteiger partial charge in [0.15, 0.2) is 0 Å². The van der Waals surface area contributed by atoms with E-state index in [1.165, 1.54) is 10.8 Å². The normalized spacial score (nSPS) is 16.7. The van der Waals surface area contributed by atoms with Crippen LogP contribution in [0.4, 0.5) is 0 Å². The van der Waals surface area contributed by atoms with Crippen LogP contribution in [0.1, 0.15) is 25.8 Å². The molecule has 0 aliphatic heterocycles. The van der Waals surface area contributed by atoms with Gasteiger partial charge in [0.25, 0.3) is 5.91 Å². The molecule has 0 atom stereocenters. The summed E-state index contributed by atoms with van der Waals surface area (Å²) in [7, 11) is -1.51. The maximum atomic E-state index is 13.6. The summed E-state index contributed by atoms with van der Waals surface area (Å²) < 4.78 is 0. The van der Waals surface area contributed by atoms with Gasteiger partial charge in [0.05, 0.1) is 13.6 Å². The molecule has 1 amide bonds. The molecule has 2 bridgehead atoms. The van der Waals surface area contributed by atoms with Gasteiger partial charge in [0.1, 0.15) is 0 Å². The molecule has 28 heavy (non-hydrogen) atoms. The van der Waals surface area contributed by atoms with Crippen LogP contribution in [0.3, 0.4) is 0 Å². The molecular weight excluding hydrogens is 358 g/mol. The predicted molar refractivity (Wildman–Crippen MR) is 123 cm³/mol. The van der Waals surface area contributed by atoms with Crippen LogP contribution >= 0.6 is 0 Å². The van der Waals surface area contributed by atoms with Crippen molar-refractivity contribution in [3.05, 3.63) is 88.2 Å². The lowest BCUT2D eigenvalue weighted by molar-refractivity contribution is -0.126. The minimum atomic E-state index is -1.51.